The van der Waals surface area contributed by atoms with Crippen molar-refractivity contribution in [2.24, 2.45) is 0 Å². The fourth-order valence-electron chi connectivity index (χ4n) is 1.08. The van der Waals surface area contributed by atoms with Crippen LogP contribution in [0.4, 0.5) is 0 Å². The molecule has 0 nitrogen and oxygen atoms in total. The van der Waals surface area contributed by atoms with Crippen molar-refractivity contribution in [3.8, 4) is 0 Å². The molecule has 0 aliphatic rings. The molecule has 0 spiro atoms. The van der Waals surface area contributed by atoms with E-state index in [1.807, 2.05) is 11.3 Å². The van der Waals surface area contributed by atoms with Gasteiger partial charge in [0.1, 0.15) is 0 Å². The molecule has 0 fully saturated rings. The summed E-state index contributed by atoms with van der Waals surface area (Å²) in [4.78, 5) is 2.68. The van der Waals surface area contributed by atoms with Crippen molar-refractivity contribution in [1.82, 2.24) is 0 Å². The van der Waals surface area contributed by atoms with E-state index in [-0.39, 0.29) is 0 Å². The van der Waals surface area contributed by atoms with Crippen molar-refractivity contribution < 1.29 is 0 Å². The molecule has 0 unspecified atom stereocenters. The van der Waals surface area contributed by atoms with Crippen molar-refractivity contribution in [3.63, 3.8) is 0 Å². The van der Waals surface area contributed by atoms with Crippen LogP contribution in [-0.2, 0) is 0 Å². The van der Waals surface area contributed by atoms with Crippen LogP contribution in [0.3, 0.4) is 0 Å². The molecular formula is C11H14S. The molecule has 0 aliphatic heterocycles. The first-order valence-corrected chi connectivity index (χ1v) is 4.88. The number of aryl methyl sites for hydroxylation is 3. The molecule has 12 heavy (non-hydrogen) atoms. The summed E-state index contributed by atoms with van der Waals surface area (Å²) in [5.74, 6) is 0. The first-order chi connectivity index (χ1) is 5.68. The molecule has 0 saturated carbocycles. The SMILES string of the molecule is Cc1ccccc(C)sc(C)c1. The number of rotatable bonds is 0. The minimum absolute atomic E-state index is 1.30. The smallest absolute Gasteiger partial charge is 0.00192 e. The molecule has 64 valence electrons. The lowest BCUT2D eigenvalue weighted by Gasteiger charge is -1.87. The van der Waals surface area contributed by atoms with Gasteiger partial charge in [0.05, 0.1) is 0 Å². The summed E-state index contributed by atoms with van der Waals surface area (Å²) in [6, 6.07) is 10.6. The van der Waals surface area contributed by atoms with Crippen LogP contribution in [0.5, 0.6) is 0 Å². The maximum Gasteiger partial charge on any atom is 0.00192 e. The van der Waals surface area contributed by atoms with Crippen LogP contribution in [-0.4, -0.2) is 0 Å². The monoisotopic (exact) mass is 178 g/mol. The average Bonchev–Trinajstić information content (AvgIpc) is 2.01. The van der Waals surface area contributed by atoms with Crippen LogP contribution < -0.4 is 0 Å². The minimum atomic E-state index is 1.30. The summed E-state index contributed by atoms with van der Waals surface area (Å²) >= 11 is 1.82. The lowest BCUT2D eigenvalue weighted by atomic mass is 10.3. The van der Waals surface area contributed by atoms with Gasteiger partial charge >= 0.3 is 0 Å². The molecule has 0 saturated heterocycles. The second-order valence-electron chi connectivity index (χ2n) is 2.93. The predicted molar refractivity (Wildman–Crippen MR) is 56.2 cm³/mol. The van der Waals surface area contributed by atoms with Crippen LogP contribution in [0.1, 0.15) is 15.3 Å². The van der Waals surface area contributed by atoms with Gasteiger partial charge in [-0.15, -0.1) is 11.3 Å². The van der Waals surface area contributed by atoms with E-state index in [0.717, 1.165) is 0 Å². The summed E-state index contributed by atoms with van der Waals surface area (Å²) in [6.45, 7) is 6.40. The molecule has 0 aromatic carbocycles. The van der Waals surface area contributed by atoms with Gasteiger partial charge in [0.25, 0.3) is 0 Å². The fraction of sp³-hybridized carbons (Fsp3) is 0.273. The standard InChI is InChI=1S/C11H14S/c1-9-6-4-5-7-10(2)12-11(3)8-9/h4-8H,1-3H3. The Morgan fingerprint density at radius 2 is 1.58 bits per heavy atom. The Bertz CT molecular complexity index is 279. The van der Waals surface area contributed by atoms with Gasteiger partial charge < -0.3 is 0 Å². The molecular weight excluding hydrogens is 164 g/mol. The van der Waals surface area contributed by atoms with Gasteiger partial charge in [-0.2, -0.15) is 0 Å². The highest BCUT2D eigenvalue weighted by Crippen LogP contribution is 2.09. The van der Waals surface area contributed by atoms with Gasteiger partial charge in [-0.1, -0.05) is 23.8 Å². The Morgan fingerprint density at radius 3 is 2.33 bits per heavy atom. The average molecular weight is 178 g/mol. The van der Waals surface area contributed by atoms with Gasteiger partial charge in [-0.05, 0) is 32.9 Å². The van der Waals surface area contributed by atoms with Crippen molar-refractivity contribution >= 4 is 11.3 Å². The molecule has 1 aromatic rings. The van der Waals surface area contributed by atoms with E-state index >= 15 is 0 Å². The van der Waals surface area contributed by atoms with Crippen LogP contribution in [0.25, 0.3) is 0 Å². The van der Waals surface area contributed by atoms with Crippen LogP contribution >= 0.6 is 11.3 Å². The van der Waals surface area contributed by atoms with Gasteiger partial charge in [-0.3, -0.25) is 0 Å². The molecule has 0 amide bonds. The molecule has 1 heteroatoms. The summed E-state index contributed by atoms with van der Waals surface area (Å²) in [5.41, 5.74) is 1.30. The summed E-state index contributed by atoms with van der Waals surface area (Å²) in [6.07, 6.45) is 0. The van der Waals surface area contributed by atoms with Crippen molar-refractivity contribution in [2.75, 3.05) is 0 Å². The zero-order valence-electron chi connectivity index (χ0n) is 7.79. The van der Waals surface area contributed by atoms with E-state index in [1.54, 1.807) is 0 Å². The van der Waals surface area contributed by atoms with Gasteiger partial charge in [-0.25, -0.2) is 0 Å². The van der Waals surface area contributed by atoms with E-state index in [4.69, 9.17) is 0 Å². The zero-order valence-corrected chi connectivity index (χ0v) is 8.61. The molecule has 0 aliphatic carbocycles. The lowest BCUT2D eigenvalue weighted by molar-refractivity contribution is 1.47. The van der Waals surface area contributed by atoms with Gasteiger partial charge in [0.15, 0.2) is 0 Å². The highest BCUT2D eigenvalue weighted by Gasteiger charge is 1.83. The maximum atomic E-state index is 2.21. The third-order valence-corrected chi connectivity index (χ3v) is 2.45. The van der Waals surface area contributed by atoms with Crippen molar-refractivity contribution in [2.45, 2.75) is 20.8 Å². The Balaban J connectivity index is 3.35. The highest BCUT2D eigenvalue weighted by molar-refractivity contribution is 7.11. The van der Waals surface area contributed by atoms with E-state index in [2.05, 4.69) is 51.1 Å². The Morgan fingerprint density at radius 1 is 0.917 bits per heavy atom. The van der Waals surface area contributed by atoms with Crippen LogP contribution in [0.15, 0.2) is 30.3 Å². The first-order valence-electron chi connectivity index (χ1n) is 4.06. The molecule has 0 bridgehead atoms. The Kier molecular flexibility index (Phi) is 3.30. The predicted octanol–water partition coefficient (Wildman–Crippen LogP) is 3.80. The molecule has 0 N–H and O–H groups in total. The maximum absolute atomic E-state index is 2.21. The van der Waals surface area contributed by atoms with Gasteiger partial charge in [0.2, 0.25) is 0 Å². The largest absolute Gasteiger partial charge is 0.146 e. The fourth-order valence-corrected chi connectivity index (χ4v) is 1.98. The van der Waals surface area contributed by atoms with Crippen LogP contribution in [0.2, 0.25) is 0 Å². The van der Waals surface area contributed by atoms with Gasteiger partial charge in [0, 0.05) is 9.75 Å². The van der Waals surface area contributed by atoms with E-state index in [9.17, 15) is 0 Å². The quantitative estimate of drug-likeness (QED) is 0.567. The van der Waals surface area contributed by atoms with E-state index < -0.39 is 0 Å². The zero-order chi connectivity index (χ0) is 8.97. The second-order valence-corrected chi connectivity index (χ2v) is 4.42. The van der Waals surface area contributed by atoms with Crippen molar-refractivity contribution in [1.29, 1.82) is 0 Å². The topological polar surface area (TPSA) is 0 Å². The van der Waals surface area contributed by atoms with Crippen molar-refractivity contribution in [3.05, 3.63) is 45.6 Å². The molecule has 0 atom stereocenters. The minimum Gasteiger partial charge on any atom is -0.146 e. The van der Waals surface area contributed by atoms with E-state index in [1.165, 1.54) is 15.3 Å². The van der Waals surface area contributed by atoms with E-state index in [0.29, 0.717) is 0 Å². The third-order valence-electron chi connectivity index (χ3n) is 1.55. The lowest BCUT2D eigenvalue weighted by Crippen LogP contribution is -1.64. The first kappa shape index (κ1) is 9.27. The Labute approximate surface area is 78.2 Å². The highest BCUT2D eigenvalue weighted by atomic mass is 32.1. The number of hydrogen-bond acceptors (Lipinski definition) is 1. The normalized spacial score (nSPS) is 9.25. The second kappa shape index (κ2) is 4.27. The summed E-state index contributed by atoms with van der Waals surface area (Å²) in [5, 5.41) is 0. The third kappa shape index (κ3) is 3.05. The Hall–Kier alpha value is -0.820. The summed E-state index contributed by atoms with van der Waals surface area (Å²) in [7, 11) is 0. The van der Waals surface area contributed by atoms with Crippen LogP contribution in [0, 0.1) is 20.8 Å². The molecule has 1 aromatic heterocycles. The summed E-state index contributed by atoms with van der Waals surface area (Å²) < 4.78 is 0. The number of hydrogen-bond donors (Lipinski definition) is 0. The molecule has 1 rings (SSSR count). The molecule has 1 heterocycles. The molecule has 0 radical (unpaired) electrons.